The van der Waals surface area contributed by atoms with Gasteiger partial charge in [0, 0.05) is 0 Å². The highest BCUT2D eigenvalue weighted by Crippen LogP contribution is 2.08. The number of nitrogens with two attached hydrogens (primary N) is 1. The molecule has 0 fully saturated rings. The fourth-order valence-electron chi connectivity index (χ4n) is 0.644. The van der Waals surface area contributed by atoms with Crippen molar-refractivity contribution < 1.29 is 9.53 Å². The van der Waals surface area contributed by atoms with Gasteiger partial charge < -0.3 is 15.5 Å². The molecule has 0 saturated heterocycles. The molecule has 1 aromatic heterocycles. The van der Waals surface area contributed by atoms with Crippen LogP contribution in [0.1, 0.15) is 18.9 Å². The second-order valence-electron chi connectivity index (χ2n) is 1.95. The molecule has 60 valence electrons. The van der Waals surface area contributed by atoms with Crippen molar-refractivity contribution in [2.45, 2.75) is 13.0 Å². The summed E-state index contributed by atoms with van der Waals surface area (Å²) in [6, 6.07) is 0. The quantitative estimate of drug-likeness (QED) is 0.628. The van der Waals surface area contributed by atoms with Crippen LogP contribution in [0.2, 0.25) is 0 Å². The molecule has 0 aliphatic carbocycles. The van der Waals surface area contributed by atoms with E-state index in [1.165, 1.54) is 6.33 Å². The van der Waals surface area contributed by atoms with Gasteiger partial charge in [0.15, 0.2) is 11.9 Å². The minimum atomic E-state index is -0.825. The van der Waals surface area contributed by atoms with Crippen molar-refractivity contribution >= 4 is 6.09 Å². The highest BCUT2D eigenvalue weighted by Gasteiger charge is 2.10. The van der Waals surface area contributed by atoms with Gasteiger partial charge in [0.2, 0.25) is 0 Å². The van der Waals surface area contributed by atoms with Gasteiger partial charge in [-0.1, -0.05) is 0 Å². The summed E-state index contributed by atoms with van der Waals surface area (Å²) in [5.41, 5.74) is 4.78. The number of rotatable bonds is 2. The Morgan fingerprint density at radius 3 is 3.09 bits per heavy atom. The number of primary amides is 1. The SMILES string of the molecule is C[C@H](OC(N)=O)c1nnc[nH]1. The smallest absolute Gasteiger partial charge is 0.405 e. The molecule has 1 aromatic rings. The first-order chi connectivity index (χ1) is 5.20. The highest BCUT2D eigenvalue weighted by atomic mass is 16.6. The number of nitrogens with one attached hydrogen (secondary N) is 1. The average Bonchev–Trinajstić information content (AvgIpc) is 2.35. The summed E-state index contributed by atoms with van der Waals surface area (Å²) < 4.78 is 4.60. The first-order valence-corrected chi connectivity index (χ1v) is 3.02. The van der Waals surface area contributed by atoms with Gasteiger partial charge in [0.25, 0.3) is 0 Å². The molecule has 3 N–H and O–H groups in total. The molecule has 1 rings (SSSR count). The maximum absolute atomic E-state index is 10.2. The van der Waals surface area contributed by atoms with Crippen LogP contribution in [0.5, 0.6) is 0 Å². The zero-order chi connectivity index (χ0) is 8.27. The van der Waals surface area contributed by atoms with Crippen molar-refractivity contribution in [3.05, 3.63) is 12.2 Å². The van der Waals surface area contributed by atoms with Gasteiger partial charge in [-0.25, -0.2) is 4.79 Å². The Hall–Kier alpha value is -1.59. The summed E-state index contributed by atoms with van der Waals surface area (Å²) >= 11 is 0. The van der Waals surface area contributed by atoms with E-state index in [0.29, 0.717) is 5.82 Å². The lowest BCUT2D eigenvalue weighted by molar-refractivity contribution is 0.112. The lowest BCUT2D eigenvalue weighted by Crippen LogP contribution is -2.16. The number of nitrogens with zero attached hydrogens (tertiary/aromatic N) is 2. The maximum atomic E-state index is 10.2. The number of amides is 1. The molecule has 1 heterocycles. The molecule has 0 aromatic carbocycles. The van der Waals surface area contributed by atoms with E-state index >= 15 is 0 Å². The molecule has 0 aliphatic heterocycles. The average molecular weight is 156 g/mol. The van der Waals surface area contributed by atoms with Crippen LogP contribution in [0.15, 0.2) is 6.33 Å². The van der Waals surface area contributed by atoms with Gasteiger partial charge in [0.1, 0.15) is 6.33 Å². The Morgan fingerprint density at radius 2 is 2.64 bits per heavy atom. The van der Waals surface area contributed by atoms with E-state index in [9.17, 15) is 4.79 Å². The molecule has 0 bridgehead atoms. The molecule has 11 heavy (non-hydrogen) atoms. The van der Waals surface area contributed by atoms with Crippen LogP contribution in [-0.2, 0) is 4.74 Å². The summed E-state index contributed by atoms with van der Waals surface area (Å²) in [5.74, 6) is 0.476. The van der Waals surface area contributed by atoms with Crippen LogP contribution in [0.4, 0.5) is 4.79 Å². The van der Waals surface area contributed by atoms with Crippen molar-refractivity contribution in [1.82, 2.24) is 15.2 Å². The number of hydrogen-bond acceptors (Lipinski definition) is 4. The van der Waals surface area contributed by atoms with E-state index in [1.807, 2.05) is 0 Å². The van der Waals surface area contributed by atoms with Crippen molar-refractivity contribution in [1.29, 1.82) is 0 Å². The second kappa shape index (κ2) is 3.00. The third-order valence-electron chi connectivity index (χ3n) is 1.11. The van der Waals surface area contributed by atoms with E-state index < -0.39 is 12.2 Å². The summed E-state index contributed by atoms with van der Waals surface area (Å²) in [5, 5.41) is 7.14. The number of aromatic amines is 1. The Morgan fingerprint density at radius 1 is 1.91 bits per heavy atom. The van der Waals surface area contributed by atoms with Gasteiger partial charge in [0.05, 0.1) is 0 Å². The standard InChI is InChI=1S/C5H8N4O2/c1-3(11-5(6)10)4-7-2-8-9-4/h2-3H,1H3,(H2,6,10)(H,7,8,9)/t3-/m0/s1. The minimum absolute atomic E-state index is 0.476. The summed E-state index contributed by atoms with van der Waals surface area (Å²) in [7, 11) is 0. The molecule has 6 nitrogen and oxygen atoms in total. The van der Waals surface area contributed by atoms with E-state index in [2.05, 4.69) is 19.9 Å². The summed E-state index contributed by atoms with van der Waals surface area (Å²) in [4.78, 5) is 12.9. The Balaban J connectivity index is 2.56. The molecule has 0 saturated carbocycles. The number of aromatic nitrogens is 3. The Bertz CT molecular complexity index is 233. The van der Waals surface area contributed by atoms with Gasteiger partial charge in [-0.3, -0.25) is 0 Å². The van der Waals surface area contributed by atoms with Crippen LogP contribution in [0.3, 0.4) is 0 Å². The normalized spacial score (nSPS) is 12.5. The Labute approximate surface area is 62.8 Å². The monoisotopic (exact) mass is 156 g/mol. The molecular formula is C5H8N4O2. The van der Waals surface area contributed by atoms with Crippen LogP contribution in [0.25, 0.3) is 0 Å². The van der Waals surface area contributed by atoms with Crippen molar-refractivity contribution in [3.8, 4) is 0 Å². The maximum Gasteiger partial charge on any atom is 0.405 e. The number of hydrogen-bond donors (Lipinski definition) is 2. The van der Waals surface area contributed by atoms with E-state index in [-0.39, 0.29) is 0 Å². The molecule has 1 amide bonds. The van der Waals surface area contributed by atoms with Gasteiger partial charge in [-0.2, -0.15) is 0 Å². The van der Waals surface area contributed by atoms with Crippen LogP contribution in [-0.4, -0.2) is 21.3 Å². The molecule has 6 heteroatoms. The second-order valence-corrected chi connectivity index (χ2v) is 1.95. The fraction of sp³-hybridized carbons (Fsp3) is 0.400. The number of carbonyl (C=O) groups is 1. The molecule has 1 atom stereocenters. The summed E-state index contributed by atoms with van der Waals surface area (Å²) in [6.45, 7) is 1.64. The molecule has 0 aliphatic rings. The molecule has 0 radical (unpaired) electrons. The fourth-order valence-corrected chi connectivity index (χ4v) is 0.644. The highest BCUT2D eigenvalue weighted by molar-refractivity contribution is 5.64. The molecule has 0 unspecified atom stereocenters. The van der Waals surface area contributed by atoms with Crippen LogP contribution in [0, 0.1) is 0 Å². The largest absolute Gasteiger partial charge is 0.438 e. The summed E-state index contributed by atoms with van der Waals surface area (Å²) in [6.07, 6.45) is 0.0971. The van der Waals surface area contributed by atoms with E-state index in [0.717, 1.165) is 0 Å². The van der Waals surface area contributed by atoms with Gasteiger partial charge in [-0.15, -0.1) is 10.2 Å². The van der Waals surface area contributed by atoms with Crippen molar-refractivity contribution in [2.24, 2.45) is 5.73 Å². The topological polar surface area (TPSA) is 93.9 Å². The van der Waals surface area contributed by atoms with E-state index in [1.54, 1.807) is 6.92 Å². The third-order valence-corrected chi connectivity index (χ3v) is 1.11. The number of H-pyrrole nitrogens is 1. The van der Waals surface area contributed by atoms with Crippen molar-refractivity contribution in [2.75, 3.05) is 0 Å². The van der Waals surface area contributed by atoms with Crippen molar-refractivity contribution in [3.63, 3.8) is 0 Å². The zero-order valence-corrected chi connectivity index (χ0v) is 5.94. The van der Waals surface area contributed by atoms with Crippen LogP contribution >= 0.6 is 0 Å². The van der Waals surface area contributed by atoms with Gasteiger partial charge in [-0.05, 0) is 6.92 Å². The minimum Gasteiger partial charge on any atom is -0.438 e. The van der Waals surface area contributed by atoms with Crippen LogP contribution < -0.4 is 5.73 Å². The number of ether oxygens (including phenoxy) is 1. The third kappa shape index (κ3) is 1.92. The predicted octanol–water partition coefficient (Wildman–Crippen LogP) is -0.0390. The predicted molar refractivity (Wildman–Crippen MR) is 35.5 cm³/mol. The molecular weight excluding hydrogens is 148 g/mol. The number of carbonyl (C=O) groups excluding carboxylic acids is 1. The Kier molecular flexibility index (Phi) is 2.05. The lowest BCUT2D eigenvalue weighted by atomic mass is 10.4. The first kappa shape index (κ1) is 7.52. The zero-order valence-electron chi connectivity index (χ0n) is 5.94. The van der Waals surface area contributed by atoms with E-state index in [4.69, 9.17) is 5.73 Å². The van der Waals surface area contributed by atoms with Gasteiger partial charge >= 0.3 is 6.09 Å². The molecule has 0 spiro atoms. The first-order valence-electron chi connectivity index (χ1n) is 3.02. The lowest BCUT2D eigenvalue weighted by Gasteiger charge is -2.06.